The highest BCUT2D eigenvalue weighted by molar-refractivity contribution is 7.80. The van der Waals surface area contributed by atoms with Gasteiger partial charge in [-0.25, -0.2) is 4.39 Å². The van der Waals surface area contributed by atoms with E-state index in [9.17, 15) is 4.39 Å². The van der Waals surface area contributed by atoms with E-state index in [0.717, 1.165) is 11.3 Å². The lowest BCUT2D eigenvalue weighted by molar-refractivity contribution is 0.295. The molecule has 0 radical (unpaired) electrons. The van der Waals surface area contributed by atoms with Gasteiger partial charge in [-0.2, -0.15) is 0 Å². The molecule has 4 heteroatoms. The lowest BCUT2D eigenvalue weighted by Gasteiger charge is -2.14. The summed E-state index contributed by atoms with van der Waals surface area (Å²) in [7, 11) is 0. The topological polar surface area (TPSA) is 35.2 Å². The van der Waals surface area contributed by atoms with Gasteiger partial charge in [0.2, 0.25) is 0 Å². The highest BCUT2D eigenvalue weighted by Crippen LogP contribution is 2.27. The molecule has 21 heavy (non-hydrogen) atoms. The molecule has 0 atom stereocenters. The van der Waals surface area contributed by atoms with Crippen LogP contribution in [0.15, 0.2) is 42.5 Å². The fraction of sp³-hybridized carbons (Fsp3) is 0.235. The standard InChI is InChI=1S/C17H18FNOS/c1-11(2)13-7-3-4-9-15(13)20-10-12-6-5-8-14(16(12)18)17(19)21/h3-9,11H,10H2,1-2H3,(H2,19,21). The Hall–Kier alpha value is -1.94. The van der Waals surface area contributed by atoms with Crippen LogP contribution >= 0.6 is 12.2 Å². The van der Waals surface area contributed by atoms with Crippen molar-refractivity contribution in [2.24, 2.45) is 5.73 Å². The molecule has 0 bridgehead atoms. The van der Waals surface area contributed by atoms with Gasteiger partial charge >= 0.3 is 0 Å². The zero-order valence-electron chi connectivity index (χ0n) is 12.1. The Bertz CT molecular complexity index is 655. The van der Waals surface area contributed by atoms with Crippen LogP contribution in [0.1, 0.15) is 36.5 Å². The van der Waals surface area contributed by atoms with Crippen molar-refractivity contribution in [2.75, 3.05) is 0 Å². The second kappa shape index (κ2) is 6.68. The van der Waals surface area contributed by atoms with E-state index in [1.807, 2.05) is 24.3 Å². The van der Waals surface area contributed by atoms with Crippen molar-refractivity contribution in [1.82, 2.24) is 0 Å². The summed E-state index contributed by atoms with van der Waals surface area (Å²) in [5.74, 6) is 0.702. The van der Waals surface area contributed by atoms with E-state index >= 15 is 0 Å². The Kier molecular flexibility index (Phi) is 4.91. The average Bonchev–Trinajstić information content (AvgIpc) is 2.46. The van der Waals surface area contributed by atoms with Crippen molar-refractivity contribution in [2.45, 2.75) is 26.4 Å². The molecular formula is C17H18FNOS. The van der Waals surface area contributed by atoms with Gasteiger partial charge in [0.1, 0.15) is 23.2 Å². The molecule has 0 aromatic heterocycles. The van der Waals surface area contributed by atoms with Gasteiger partial charge in [0.25, 0.3) is 0 Å². The van der Waals surface area contributed by atoms with Gasteiger partial charge in [-0.3, -0.25) is 0 Å². The minimum Gasteiger partial charge on any atom is -0.489 e. The minimum absolute atomic E-state index is 0.0527. The predicted octanol–water partition coefficient (Wildman–Crippen LogP) is 4.16. The monoisotopic (exact) mass is 303 g/mol. The highest BCUT2D eigenvalue weighted by Gasteiger charge is 2.12. The first-order chi connectivity index (χ1) is 10.0. The van der Waals surface area contributed by atoms with Gasteiger partial charge in [0, 0.05) is 11.1 Å². The summed E-state index contributed by atoms with van der Waals surface area (Å²) in [4.78, 5) is 0.0527. The van der Waals surface area contributed by atoms with Gasteiger partial charge in [0.05, 0.1) is 0 Å². The van der Waals surface area contributed by atoms with Gasteiger partial charge in [-0.15, -0.1) is 0 Å². The van der Waals surface area contributed by atoms with Crippen LogP contribution in [-0.2, 0) is 6.61 Å². The first-order valence-corrected chi connectivity index (χ1v) is 7.20. The number of para-hydroxylation sites is 1. The largest absolute Gasteiger partial charge is 0.489 e. The van der Waals surface area contributed by atoms with Crippen molar-refractivity contribution in [3.05, 3.63) is 65.0 Å². The molecule has 0 fully saturated rings. The Balaban J connectivity index is 2.21. The molecule has 0 aliphatic rings. The summed E-state index contributed by atoms with van der Waals surface area (Å²) >= 11 is 4.84. The molecule has 0 spiro atoms. The maximum Gasteiger partial charge on any atom is 0.139 e. The summed E-state index contributed by atoms with van der Waals surface area (Å²) in [5.41, 5.74) is 7.30. The van der Waals surface area contributed by atoms with Crippen molar-refractivity contribution >= 4 is 17.2 Å². The van der Waals surface area contributed by atoms with E-state index in [2.05, 4.69) is 13.8 Å². The fourth-order valence-corrected chi connectivity index (χ4v) is 2.28. The number of benzene rings is 2. The van der Waals surface area contributed by atoms with E-state index in [-0.39, 0.29) is 17.2 Å². The van der Waals surface area contributed by atoms with Crippen LogP contribution in [0.5, 0.6) is 5.75 Å². The maximum absolute atomic E-state index is 14.2. The van der Waals surface area contributed by atoms with Gasteiger partial charge < -0.3 is 10.5 Å². The first kappa shape index (κ1) is 15.4. The lowest BCUT2D eigenvalue weighted by atomic mass is 10.0. The SMILES string of the molecule is CC(C)c1ccccc1OCc1cccc(C(N)=S)c1F. The van der Waals surface area contributed by atoms with Gasteiger partial charge in [-0.1, -0.05) is 56.4 Å². The minimum atomic E-state index is -0.410. The molecule has 0 heterocycles. The van der Waals surface area contributed by atoms with Gasteiger partial charge in [0.15, 0.2) is 0 Å². The average molecular weight is 303 g/mol. The molecule has 2 rings (SSSR count). The van der Waals surface area contributed by atoms with Crippen LogP contribution in [0.25, 0.3) is 0 Å². The summed E-state index contributed by atoms with van der Waals surface area (Å²) in [6, 6.07) is 12.8. The van der Waals surface area contributed by atoms with Crippen molar-refractivity contribution < 1.29 is 9.13 Å². The van der Waals surface area contributed by atoms with Crippen LogP contribution < -0.4 is 10.5 Å². The molecule has 2 aromatic carbocycles. The van der Waals surface area contributed by atoms with E-state index in [4.69, 9.17) is 22.7 Å². The number of hydrogen-bond donors (Lipinski definition) is 1. The zero-order valence-corrected chi connectivity index (χ0v) is 12.9. The van der Waals surface area contributed by atoms with E-state index in [1.165, 1.54) is 0 Å². The summed E-state index contributed by atoms with van der Waals surface area (Å²) in [5, 5.41) is 0. The van der Waals surface area contributed by atoms with E-state index in [1.54, 1.807) is 18.2 Å². The number of rotatable bonds is 5. The number of hydrogen-bond acceptors (Lipinski definition) is 2. The Labute approximate surface area is 129 Å². The van der Waals surface area contributed by atoms with Crippen molar-refractivity contribution in [3.63, 3.8) is 0 Å². The molecule has 110 valence electrons. The highest BCUT2D eigenvalue weighted by atomic mass is 32.1. The van der Waals surface area contributed by atoms with Crippen LogP contribution in [0.4, 0.5) is 4.39 Å². The molecule has 2 aromatic rings. The fourth-order valence-electron chi connectivity index (χ4n) is 2.13. The summed E-state index contributed by atoms with van der Waals surface area (Å²) < 4.78 is 20.0. The third-order valence-electron chi connectivity index (χ3n) is 3.27. The van der Waals surface area contributed by atoms with Crippen molar-refractivity contribution in [3.8, 4) is 5.75 Å². The van der Waals surface area contributed by atoms with E-state index < -0.39 is 5.82 Å². The Morgan fingerprint density at radius 3 is 2.57 bits per heavy atom. The molecule has 0 aliphatic carbocycles. The summed E-state index contributed by atoms with van der Waals surface area (Å²) in [6.07, 6.45) is 0. The Morgan fingerprint density at radius 2 is 1.90 bits per heavy atom. The number of nitrogens with two attached hydrogens (primary N) is 1. The molecule has 0 unspecified atom stereocenters. The second-order valence-electron chi connectivity index (χ2n) is 5.12. The van der Waals surface area contributed by atoms with Crippen LogP contribution in [0.2, 0.25) is 0 Å². The zero-order chi connectivity index (χ0) is 15.4. The number of ether oxygens (including phenoxy) is 1. The van der Waals surface area contributed by atoms with Crippen LogP contribution in [0.3, 0.4) is 0 Å². The normalized spacial score (nSPS) is 10.7. The smallest absolute Gasteiger partial charge is 0.139 e. The van der Waals surface area contributed by atoms with Crippen LogP contribution in [0, 0.1) is 5.82 Å². The molecule has 0 amide bonds. The van der Waals surface area contributed by atoms with Crippen molar-refractivity contribution in [1.29, 1.82) is 0 Å². The molecule has 2 N–H and O–H groups in total. The maximum atomic E-state index is 14.2. The Morgan fingerprint density at radius 1 is 1.19 bits per heavy atom. The molecular weight excluding hydrogens is 285 g/mol. The van der Waals surface area contributed by atoms with Gasteiger partial charge in [-0.05, 0) is 23.6 Å². The number of thiocarbonyl (C=S) groups is 1. The molecule has 0 aliphatic heterocycles. The third-order valence-corrected chi connectivity index (χ3v) is 3.49. The molecule has 0 saturated carbocycles. The van der Waals surface area contributed by atoms with E-state index in [0.29, 0.717) is 11.5 Å². The summed E-state index contributed by atoms with van der Waals surface area (Å²) in [6.45, 7) is 4.33. The second-order valence-corrected chi connectivity index (χ2v) is 5.56. The third kappa shape index (κ3) is 3.58. The molecule has 2 nitrogen and oxygen atoms in total. The molecule has 0 saturated heterocycles. The van der Waals surface area contributed by atoms with Crippen LogP contribution in [-0.4, -0.2) is 4.99 Å². The lowest BCUT2D eigenvalue weighted by Crippen LogP contribution is -2.13. The number of halogens is 1. The first-order valence-electron chi connectivity index (χ1n) is 6.79. The quantitative estimate of drug-likeness (QED) is 0.842. The predicted molar refractivity (Wildman–Crippen MR) is 87.2 cm³/mol.